The zero-order valence-corrected chi connectivity index (χ0v) is 20.3. The molecule has 0 aromatic heterocycles. The third-order valence-corrected chi connectivity index (χ3v) is 7.30. The van der Waals surface area contributed by atoms with Crippen molar-refractivity contribution < 1.29 is 19.4 Å². The molecule has 0 bridgehead atoms. The molecule has 0 spiro atoms. The number of hydrogen-bond acceptors (Lipinski definition) is 7. The molecule has 2 unspecified atom stereocenters. The number of carbonyl (C=O) groups is 2. The lowest BCUT2D eigenvalue weighted by Crippen LogP contribution is -2.58. The summed E-state index contributed by atoms with van der Waals surface area (Å²) in [6, 6.07) is 10.9. The summed E-state index contributed by atoms with van der Waals surface area (Å²) in [5.74, 6) is -0.786. The van der Waals surface area contributed by atoms with Gasteiger partial charge in [-0.05, 0) is 24.9 Å². The number of benzene rings is 1. The molecule has 188 valence electrons. The normalized spacial score (nSPS) is 25.6. The van der Waals surface area contributed by atoms with Crippen molar-refractivity contribution in [1.29, 1.82) is 0 Å². The van der Waals surface area contributed by atoms with Crippen molar-refractivity contribution in [3.63, 3.8) is 0 Å². The predicted molar refractivity (Wildman–Crippen MR) is 129 cm³/mol. The van der Waals surface area contributed by atoms with Gasteiger partial charge in [-0.15, -0.1) is 0 Å². The fraction of sp³-hybridized carbons (Fsp3) is 0.680. The number of carbonyl (C=O) groups excluding carboxylic acids is 1. The van der Waals surface area contributed by atoms with Gasteiger partial charge in [0.2, 0.25) is 0 Å². The number of piperazine rings is 2. The number of rotatable bonds is 10. The highest BCUT2D eigenvalue weighted by atomic mass is 16.6. The molecule has 1 aromatic carbocycles. The summed E-state index contributed by atoms with van der Waals surface area (Å²) in [5.41, 5.74) is 1.38. The second-order valence-corrected chi connectivity index (χ2v) is 9.84. The number of cyclic esters (lactones) is 1. The molecule has 3 fully saturated rings. The van der Waals surface area contributed by atoms with Crippen LogP contribution in [0.15, 0.2) is 30.3 Å². The number of likely N-dealkylation sites (N-methyl/N-ethyl adjacent to an activating group) is 1. The van der Waals surface area contributed by atoms with E-state index in [9.17, 15) is 14.7 Å². The van der Waals surface area contributed by atoms with Gasteiger partial charge in [-0.2, -0.15) is 0 Å². The molecule has 2 atom stereocenters. The first-order valence-corrected chi connectivity index (χ1v) is 12.6. The number of carboxylic acids is 1. The third kappa shape index (κ3) is 6.91. The van der Waals surface area contributed by atoms with Crippen LogP contribution in [-0.2, 0) is 16.1 Å². The van der Waals surface area contributed by atoms with Gasteiger partial charge in [0.05, 0.1) is 13.1 Å². The third-order valence-electron chi connectivity index (χ3n) is 7.30. The van der Waals surface area contributed by atoms with Crippen molar-refractivity contribution in [3.05, 3.63) is 35.9 Å². The zero-order valence-electron chi connectivity index (χ0n) is 20.3. The van der Waals surface area contributed by atoms with E-state index in [2.05, 4.69) is 45.0 Å². The quantitative estimate of drug-likeness (QED) is 0.512. The highest BCUT2D eigenvalue weighted by molar-refractivity contribution is 5.69. The summed E-state index contributed by atoms with van der Waals surface area (Å²) in [6.07, 6.45) is 2.70. The maximum absolute atomic E-state index is 11.9. The minimum absolute atomic E-state index is 0.0714. The molecule has 0 saturated carbocycles. The van der Waals surface area contributed by atoms with Crippen molar-refractivity contribution in [2.24, 2.45) is 0 Å². The van der Waals surface area contributed by atoms with Gasteiger partial charge in [0.25, 0.3) is 0 Å². The van der Waals surface area contributed by atoms with Crippen molar-refractivity contribution in [2.45, 2.75) is 38.1 Å². The number of ether oxygens (including phenoxy) is 1. The van der Waals surface area contributed by atoms with Crippen LogP contribution in [0.2, 0.25) is 0 Å². The Morgan fingerprint density at radius 1 is 0.971 bits per heavy atom. The minimum Gasteiger partial charge on any atom is -0.480 e. The first kappa shape index (κ1) is 24.9. The van der Waals surface area contributed by atoms with Crippen LogP contribution in [-0.4, -0.2) is 126 Å². The summed E-state index contributed by atoms with van der Waals surface area (Å²) in [5, 5.41) is 9.22. The summed E-state index contributed by atoms with van der Waals surface area (Å²) in [7, 11) is 1.76. The Morgan fingerprint density at radius 2 is 1.68 bits per heavy atom. The van der Waals surface area contributed by atoms with E-state index in [4.69, 9.17) is 4.74 Å². The van der Waals surface area contributed by atoms with Gasteiger partial charge in [0.15, 0.2) is 6.23 Å². The van der Waals surface area contributed by atoms with Crippen molar-refractivity contribution in [2.75, 3.05) is 72.5 Å². The lowest BCUT2D eigenvalue weighted by atomic mass is 10.0. The molecular weight excluding hydrogens is 434 g/mol. The Morgan fingerprint density at radius 3 is 2.35 bits per heavy atom. The van der Waals surface area contributed by atoms with Gasteiger partial charge in [0.1, 0.15) is 0 Å². The monoisotopic (exact) mass is 473 g/mol. The first-order chi connectivity index (χ1) is 16.5. The number of aliphatic carboxylic acids is 1. The molecular formula is C25H39N5O4. The lowest BCUT2D eigenvalue weighted by Gasteiger charge is -2.43. The highest BCUT2D eigenvalue weighted by Gasteiger charge is 2.39. The summed E-state index contributed by atoms with van der Waals surface area (Å²) in [6.45, 7) is 9.34. The SMILES string of the molecule is CN1CC(N2CCN(CC(=O)O)CC2CCCCN2CCN(Cc3ccccc3)CC2)OC1=O. The lowest BCUT2D eigenvalue weighted by molar-refractivity contribution is -0.139. The average Bonchev–Trinajstić information content (AvgIpc) is 3.16. The molecule has 1 amide bonds. The largest absolute Gasteiger partial charge is 0.480 e. The summed E-state index contributed by atoms with van der Waals surface area (Å²) in [4.78, 5) is 34.1. The number of amides is 1. The van der Waals surface area contributed by atoms with Gasteiger partial charge >= 0.3 is 12.1 Å². The molecule has 3 aliphatic rings. The molecule has 34 heavy (non-hydrogen) atoms. The Labute approximate surface area is 202 Å². The molecule has 1 aromatic rings. The van der Waals surface area contributed by atoms with Gasteiger partial charge in [-0.3, -0.25) is 19.5 Å². The molecule has 9 nitrogen and oxygen atoms in total. The van der Waals surface area contributed by atoms with Crippen molar-refractivity contribution in [3.8, 4) is 0 Å². The second-order valence-electron chi connectivity index (χ2n) is 9.84. The molecule has 4 rings (SSSR count). The topological polar surface area (TPSA) is 79.8 Å². The maximum Gasteiger partial charge on any atom is 0.411 e. The fourth-order valence-corrected chi connectivity index (χ4v) is 5.36. The van der Waals surface area contributed by atoms with Crippen LogP contribution in [0.1, 0.15) is 24.8 Å². The molecule has 3 aliphatic heterocycles. The Balaban J connectivity index is 1.20. The van der Waals surface area contributed by atoms with Crippen LogP contribution in [0, 0.1) is 0 Å². The van der Waals surface area contributed by atoms with Gasteiger partial charge in [-0.1, -0.05) is 36.8 Å². The number of nitrogens with zero attached hydrogens (tertiary/aromatic N) is 5. The van der Waals surface area contributed by atoms with Crippen LogP contribution < -0.4 is 0 Å². The van der Waals surface area contributed by atoms with Crippen LogP contribution in [0.25, 0.3) is 0 Å². The van der Waals surface area contributed by atoms with E-state index in [0.717, 1.165) is 65.1 Å². The van der Waals surface area contributed by atoms with Gasteiger partial charge in [-0.25, -0.2) is 4.79 Å². The molecule has 3 saturated heterocycles. The van der Waals surface area contributed by atoms with Gasteiger partial charge < -0.3 is 19.6 Å². The Kier molecular flexibility index (Phi) is 8.77. The van der Waals surface area contributed by atoms with Crippen LogP contribution in [0.4, 0.5) is 4.79 Å². The van der Waals surface area contributed by atoms with E-state index < -0.39 is 5.97 Å². The highest BCUT2D eigenvalue weighted by Crippen LogP contribution is 2.23. The average molecular weight is 474 g/mol. The number of carboxylic acid groups (broad SMARTS) is 1. The molecule has 0 radical (unpaired) electrons. The van der Waals surface area contributed by atoms with Crippen molar-refractivity contribution >= 4 is 12.1 Å². The summed E-state index contributed by atoms with van der Waals surface area (Å²) < 4.78 is 5.58. The summed E-state index contributed by atoms with van der Waals surface area (Å²) >= 11 is 0. The molecule has 0 aliphatic carbocycles. The fourth-order valence-electron chi connectivity index (χ4n) is 5.36. The zero-order chi connectivity index (χ0) is 23.9. The maximum atomic E-state index is 11.9. The van der Waals surface area contributed by atoms with E-state index >= 15 is 0 Å². The van der Waals surface area contributed by atoms with Crippen molar-refractivity contribution in [1.82, 2.24) is 24.5 Å². The number of hydrogen-bond donors (Lipinski definition) is 1. The van der Waals surface area contributed by atoms with Gasteiger partial charge in [0, 0.05) is 65.4 Å². The van der Waals surface area contributed by atoms with E-state index in [0.29, 0.717) is 19.6 Å². The predicted octanol–water partition coefficient (Wildman–Crippen LogP) is 1.45. The molecule has 9 heteroatoms. The Bertz CT molecular complexity index is 802. The van der Waals surface area contributed by atoms with E-state index in [-0.39, 0.29) is 24.9 Å². The standard InChI is InChI=1S/C25H39N5O4/c1-26-19-23(34-25(26)33)30-16-15-29(20-24(31)32)18-22(30)9-5-6-10-27-11-13-28(14-12-27)17-21-7-3-2-4-8-21/h2-4,7-8,22-23H,5-6,9-20H2,1H3,(H,31,32). The molecule has 1 N–H and O–H groups in total. The van der Waals surface area contributed by atoms with Crippen LogP contribution in [0.3, 0.4) is 0 Å². The second kappa shape index (κ2) is 12.0. The van der Waals surface area contributed by atoms with Crippen LogP contribution >= 0.6 is 0 Å². The number of unbranched alkanes of at least 4 members (excludes halogenated alkanes) is 1. The van der Waals surface area contributed by atoms with Crippen LogP contribution in [0.5, 0.6) is 0 Å². The first-order valence-electron chi connectivity index (χ1n) is 12.6. The van der Waals surface area contributed by atoms with E-state index in [1.165, 1.54) is 5.56 Å². The minimum atomic E-state index is -0.786. The Hall–Kier alpha value is -2.20. The van der Waals surface area contributed by atoms with E-state index in [1.54, 1.807) is 11.9 Å². The van der Waals surface area contributed by atoms with E-state index in [1.807, 2.05) is 4.90 Å². The molecule has 3 heterocycles. The smallest absolute Gasteiger partial charge is 0.411 e.